The van der Waals surface area contributed by atoms with Crippen molar-refractivity contribution in [3.63, 3.8) is 0 Å². The van der Waals surface area contributed by atoms with E-state index in [0.717, 1.165) is 77.0 Å². The maximum atomic E-state index is 13.4. The average Bonchev–Trinajstić information content (AvgIpc) is 3.08. The van der Waals surface area contributed by atoms with Gasteiger partial charge in [0.15, 0.2) is 0 Å². The number of rotatable bonds is 21. The van der Waals surface area contributed by atoms with Crippen LogP contribution in [0.2, 0.25) is 0 Å². The van der Waals surface area contributed by atoms with Gasteiger partial charge < -0.3 is 10.2 Å². The number of aromatic hydroxyl groups is 2. The number of hydrogen-bond acceptors (Lipinski definition) is 6. The maximum absolute atomic E-state index is 13.4. The SMILES string of the molecule is CCCCCCCC(C(=O)NNC(=O)c1cccc(CCCCCC)c1O)C(C)C(=O)NNC(=O)c1cccc(CCCCCC)c1O. The molecule has 48 heavy (non-hydrogen) atoms. The van der Waals surface area contributed by atoms with Crippen molar-refractivity contribution in [1.29, 1.82) is 0 Å². The molecular formula is C38H58N4O6. The molecule has 0 heterocycles. The van der Waals surface area contributed by atoms with Crippen LogP contribution in [0.3, 0.4) is 0 Å². The van der Waals surface area contributed by atoms with Crippen LogP contribution >= 0.6 is 0 Å². The first kappa shape index (κ1) is 40.1. The predicted molar refractivity (Wildman–Crippen MR) is 189 cm³/mol. The Hall–Kier alpha value is -4.08. The number of para-hydroxylation sites is 2. The highest BCUT2D eigenvalue weighted by atomic mass is 16.3. The number of carbonyl (C=O) groups is 4. The number of unbranched alkanes of at least 4 members (excludes halogenated alkanes) is 10. The highest BCUT2D eigenvalue weighted by Crippen LogP contribution is 2.26. The summed E-state index contributed by atoms with van der Waals surface area (Å²) in [6.07, 6.45) is 14.7. The van der Waals surface area contributed by atoms with Crippen molar-refractivity contribution >= 4 is 23.6 Å². The molecule has 2 unspecified atom stereocenters. The van der Waals surface area contributed by atoms with E-state index >= 15 is 0 Å². The van der Waals surface area contributed by atoms with E-state index in [0.29, 0.717) is 36.8 Å². The monoisotopic (exact) mass is 666 g/mol. The summed E-state index contributed by atoms with van der Waals surface area (Å²) in [5.74, 6) is -4.32. The molecule has 0 saturated carbocycles. The van der Waals surface area contributed by atoms with Gasteiger partial charge in [-0.05, 0) is 55.4 Å². The first-order chi connectivity index (χ1) is 23.2. The van der Waals surface area contributed by atoms with Gasteiger partial charge >= 0.3 is 0 Å². The Morgan fingerprint density at radius 3 is 1.44 bits per heavy atom. The van der Waals surface area contributed by atoms with Gasteiger partial charge in [0.25, 0.3) is 11.8 Å². The second-order valence-corrected chi connectivity index (χ2v) is 12.7. The summed E-state index contributed by atoms with van der Waals surface area (Å²) in [6, 6.07) is 9.96. The normalized spacial score (nSPS) is 12.2. The second-order valence-electron chi connectivity index (χ2n) is 12.7. The topological polar surface area (TPSA) is 157 Å². The van der Waals surface area contributed by atoms with Crippen LogP contribution in [0, 0.1) is 11.8 Å². The van der Waals surface area contributed by atoms with Gasteiger partial charge in [0.2, 0.25) is 11.8 Å². The number of aryl methyl sites for hydroxylation is 2. The van der Waals surface area contributed by atoms with Gasteiger partial charge in [0, 0.05) is 5.92 Å². The lowest BCUT2D eigenvalue weighted by Crippen LogP contribution is -2.50. The summed E-state index contributed by atoms with van der Waals surface area (Å²) < 4.78 is 0. The summed E-state index contributed by atoms with van der Waals surface area (Å²) in [5.41, 5.74) is 11.1. The Morgan fingerprint density at radius 1 is 0.562 bits per heavy atom. The Balaban J connectivity index is 2.05. The maximum Gasteiger partial charge on any atom is 0.273 e. The minimum Gasteiger partial charge on any atom is -0.507 e. The zero-order valence-electron chi connectivity index (χ0n) is 29.5. The number of hydrogen-bond donors (Lipinski definition) is 6. The average molecular weight is 667 g/mol. The van der Waals surface area contributed by atoms with E-state index in [-0.39, 0.29) is 22.6 Å². The van der Waals surface area contributed by atoms with E-state index in [1.165, 1.54) is 12.1 Å². The van der Waals surface area contributed by atoms with Crippen molar-refractivity contribution in [2.75, 3.05) is 0 Å². The molecule has 266 valence electrons. The third-order valence-corrected chi connectivity index (χ3v) is 8.90. The van der Waals surface area contributed by atoms with Crippen molar-refractivity contribution < 1.29 is 29.4 Å². The molecule has 2 aromatic carbocycles. The molecule has 10 heteroatoms. The van der Waals surface area contributed by atoms with E-state index in [4.69, 9.17) is 0 Å². The Kier molecular flexibility index (Phi) is 18.8. The van der Waals surface area contributed by atoms with Gasteiger partial charge in [-0.1, -0.05) is 123 Å². The number of hydrazine groups is 2. The molecule has 2 atom stereocenters. The predicted octanol–water partition coefficient (Wildman–Crippen LogP) is 7.18. The fraction of sp³-hybridized carbons (Fsp3) is 0.579. The minimum absolute atomic E-state index is 0.0529. The van der Waals surface area contributed by atoms with Crippen molar-refractivity contribution in [1.82, 2.24) is 21.7 Å². The van der Waals surface area contributed by atoms with Crippen LogP contribution in [0.5, 0.6) is 11.5 Å². The standard InChI is InChI=1S/C38H58N4O6/c1-5-8-11-14-17-24-30(36(46)40-42-38(48)32-26-19-23-29(34(32)44)21-16-13-10-7-3)27(4)35(45)39-41-37(47)31-25-18-22-28(33(31)43)20-15-12-9-6-2/h18-19,22-23,25-27,30,43-44H,5-17,20-21,24H2,1-4H3,(H,39,45)(H,40,46)(H,41,47)(H,42,48). The summed E-state index contributed by atoms with van der Waals surface area (Å²) >= 11 is 0. The van der Waals surface area contributed by atoms with Gasteiger partial charge in [0.05, 0.1) is 17.0 Å². The Labute approximate surface area is 286 Å². The molecule has 0 radical (unpaired) electrons. The van der Waals surface area contributed by atoms with Crippen LogP contribution in [0.1, 0.15) is 149 Å². The molecule has 0 aromatic heterocycles. The van der Waals surface area contributed by atoms with Crippen LogP contribution in [0.25, 0.3) is 0 Å². The summed E-state index contributed by atoms with van der Waals surface area (Å²) in [6.45, 7) is 7.97. The first-order valence-corrected chi connectivity index (χ1v) is 18.0. The number of benzene rings is 2. The molecule has 0 spiro atoms. The minimum atomic E-state index is -0.855. The molecule has 2 aromatic rings. The van der Waals surface area contributed by atoms with E-state index in [2.05, 4.69) is 42.5 Å². The Morgan fingerprint density at radius 2 is 0.979 bits per heavy atom. The molecule has 6 N–H and O–H groups in total. The summed E-state index contributed by atoms with van der Waals surface area (Å²) in [5, 5.41) is 21.4. The van der Waals surface area contributed by atoms with Gasteiger partial charge in [-0.2, -0.15) is 0 Å². The number of phenolic OH excluding ortho intramolecular Hbond substituents is 2. The number of nitrogens with one attached hydrogen (secondary N) is 4. The fourth-order valence-electron chi connectivity index (χ4n) is 5.77. The van der Waals surface area contributed by atoms with E-state index < -0.39 is 35.5 Å². The van der Waals surface area contributed by atoms with Gasteiger partial charge in [-0.25, -0.2) is 0 Å². The van der Waals surface area contributed by atoms with E-state index in [9.17, 15) is 29.4 Å². The molecule has 0 aliphatic carbocycles. The lowest BCUT2D eigenvalue weighted by Gasteiger charge is -2.23. The number of carbonyl (C=O) groups excluding carboxylic acids is 4. The van der Waals surface area contributed by atoms with Crippen LogP contribution in [-0.4, -0.2) is 33.8 Å². The van der Waals surface area contributed by atoms with Gasteiger partial charge in [0.1, 0.15) is 11.5 Å². The summed E-state index contributed by atoms with van der Waals surface area (Å²) in [4.78, 5) is 52.5. The van der Waals surface area contributed by atoms with Crippen LogP contribution in [0.4, 0.5) is 0 Å². The second kappa shape index (κ2) is 22.5. The fourth-order valence-corrected chi connectivity index (χ4v) is 5.77. The summed E-state index contributed by atoms with van der Waals surface area (Å²) in [7, 11) is 0. The number of phenols is 2. The van der Waals surface area contributed by atoms with E-state index in [1.54, 1.807) is 31.2 Å². The molecule has 10 nitrogen and oxygen atoms in total. The van der Waals surface area contributed by atoms with Crippen molar-refractivity contribution in [3.05, 3.63) is 58.7 Å². The zero-order chi connectivity index (χ0) is 35.3. The highest BCUT2D eigenvalue weighted by molar-refractivity contribution is 5.99. The first-order valence-electron chi connectivity index (χ1n) is 18.0. The van der Waals surface area contributed by atoms with Crippen molar-refractivity contribution in [2.45, 2.75) is 130 Å². The highest BCUT2D eigenvalue weighted by Gasteiger charge is 2.31. The molecule has 0 fully saturated rings. The quantitative estimate of drug-likeness (QED) is 0.0612. The molecule has 0 saturated heterocycles. The lowest BCUT2D eigenvalue weighted by molar-refractivity contribution is -0.135. The van der Waals surface area contributed by atoms with Crippen molar-refractivity contribution in [2.24, 2.45) is 11.8 Å². The molecular weight excluding hydrogens is 608 g/mol. The third-order valence-electron chi connectivity index (χ3n) is 8.90. The molecule has 0 aliphatic rings. The third kappa shape index (κ3) is 13.2. The smallest absolute Gasteiger partial charge is 0.273 e. The number of amides is 4. The van der Waals surface area contributed by atoms with Gasteiger partial charge in [-0.3, -0.25) is 40.9 Å². The molecule has 0 aliphatic heterocycles. The van der Waals surface area contributed by atoms with Crippen LogP contribution < -0.4 is 21.7 Å². The van der Waals surface area contributed by atoms with Crippen LogP contribution in [0.15, 0.2) is 36.4 Å². The largest absolute Gasteiger partial charge is 0.507 e. The zero-order valence-corrected chi connectivity index (χ0v) is 29.5. The van der Waals surface area contributed by atoms with Gasteiger partial charge in [-0.15, -0.1) is 0 Å². The molecule has 2 rings (SSSR count). The van der Waals surface area contributed by atoms with E-state index in [1.807, 2.05) is 0 Å². The van der Waals surface area contributed by atoms with Crippen molar-refractivity contribution in [3.8, 4) is 11.5 Å². The molecule has 0 bridgehead atoms. The van der Waals surface area contributed by atoms with Crippen LogP contribution in [-0.2, 0) is 22.4 Å². The Bertz CT molecular complexity index is 1310. The lowest BCUT2D eigenvalue weighted by atomic mass is 9.87. The molecule has 4 amide bonds.